The summed E-state index contributed by atoms with van der Waals surface area (Å²) in [5.41, 5.74) is 0. The molecule has 0 spiro atoms. The summed E-state index contributed by atoms with van der Waals surface area (Å²) in [5.74, 6) is 1.11. The quantitative estimate of drug-likeness (QED) is 0.544. The largest absolute Gasteiger partial charge is 0.411 e. The lowest BCUT2D eigenvalue weighted by Gasteiger charge is -2.15. The van der Waals surface area contributed by atoms with Crippen molar-refractivity contribution < 1.29 is 17.9 Å². The standard InChI is InChI=1S/C9H15ClF3NO/c10-5-8-1-2-14(6-8)3-4-15-7-9(11,12)13/h8H,1-7H2. The summed E-state index contributed by atoms with van der Waals surface area (Å²) in [7, 11) is 0. The van der Waals surface area contributed by atoms with Crippen LogP contribution in [0, 0.1) is 5.92 Å². The maximum absolute atomic E-state index is 11.7. The van der Waals surface area contributed by atoms with Gasteiger partial charge in [0.1, 0.15) is 6.61 Å². The van der Waals surface area contributed by atoms with Crippen molar-refractivity contribution in [2.24, 2.45) is 5.92 Å². The summed E-state index contributed by atoms with van der Waals surface area (Å²) in [6.07, 6.45) is -3.19. The Morgan fingerprint density at radius 2 is 2.13 bits per heavy atom. The molecule has 1 heterocycles. The van der Waals surface area contributed by atoms with E-state index >= 15 is 0 Å². The highest BCUT2D eigenvalue weighted by Crippen LogP contribution is 2.17. The van der Waals surface area contributed by atoms with Gasteiger partial charge in [-0.15, -0.1) is 11.6 Å². The number of halogens is 4. The predicted molar refractivity (Wildman–Crippen MR) is 52.1 cm³/mol. The fraction of sp³-hybridized carbons (Fsp3) is 1.00. The van der Waals surface area contributed by atoms with E-state index < -0.39 is 12.8 Å². The first-order valence-corrected chi connectivity index (χ1v) is 5.47. The molecule has 90 valence electrons. The molecule has 2 nitrogen and oxygen atoms in total. The summed E-state index contributed by atoms with van der Waals surface area (Å²) in [5, 5.41) is 0. The zero-order valence-electron chi connectivity index (χ0n) is 8.39. The van der Waals surface area contributed by atoms with Gasteiger partial charge < -0.3 is 9.64 Å². The third kappa shape index (κ3) is 5.58. The number of alkyl halides is 4. The summed E-state index contributed by atoms with van der Waals surface area (Å²) >= 11 is 5.69. The molecule has 6 heteroatoms. The molecule has 1 saturated heterocycles. The second kappa shape index (κ2) is 5.92. The van der Waals surface area contributed by atoms with Gasteiger partial charge >= 0.3 is 6.18 Å². The Kier molecular flexibility index (Phi) is 5.15. The van der Waals surface area contributed by atoms with E-state index in [1.54, 1.807) is 0 Å². The van der Waals surface area contributed by atoms with Crippen LogP contribution in [0.3, 0.4) is 0 Å². The monoisotopic (exact) mass is 245 g/mol. The first kappa shape index (κ1) is 13.1. The Hall–Kier alpha value is 0. The molecule has 0 aromatic carbocycles. The van der Waals surface area contributed by atoms with Gasteiger partial charge in [0.15, 0.2) is 0 Å². The van der Waals surface area contributed by atoms with E-state index in [0.29, 0.717) is 18.3 Å². The zero-order valence-corrected chi connectivity index (χ0v) is 9.15. The van der Waals surface area contributed by atoms with Gasteiger partial charge in [-0.1, -0.05) is 0 Å². The van der Waals surface area contributed by atoms with E-state index in [0.717, 1.165) is 19.5 Å². The van der Waals surface area contributed by atoms with Crippen LogP contribution in [0.2, 0.25) is 0 Å². The van der Waals surface area contributed by atoms with Crippen LogP contribution in [-0.2, 0) is 4.74 Å². The molecule has 0 N–H and O–H groups in total. The molecular formula is C9H15ClF3NO. The van der Waals surface area contributed by atoms with Crippen molar-refractivity contribution in [3.05, 3.63) is 0 Å². The molecule has 0 bridgehead atoms. The SMILES string of the molecule is FC(F)(F)COCCN1CCC(CCl)C1. The minimum Gasteiger partial charge on any atom is -0.371 e. The van der Waals surface area contributed by atoms with Gasteiger partial charge in [-0.05, 0) is 18.9 Å². The van der Waals surface area contributed by atoms with Crippen molar-refractivity contribution in [1.82, 2.24) is 4.90 Å². The van der Waals surface area contributed by atoms with Gasteiger partial charge in [-0.2, -0.15) is 13.2 Å². The van der Waals surface area contributed by atoms with Gasteiger partial charge in [0.2, 0.25) is 0 Å². The highest BCUT2D eigenvalue weighted by molar-refractivity contribution is 6.18. The Labute approximate surface area is 92.3 Å². The predicted octanol–water partition coefficient (Wildman–Crippen LogP) is 2.13. The minimum absolute atomic E-state index is 0.133. The molecule has 0 amide bonds. The molecule has 1 atom stereocenters. The maximum atomic E-state index is 11.7. The van der Waals surface area contributed by atoms with Crippen LogP contribution in [-0.4, -0.2) is 49.8 Å². The van der Waals surface area contributed by atoms with E-state index in [1.807, 2.05) is 0 Å². The molecule has 1 unspecified atom stereocenters. The molecule has 1 aliphatic rings. The molecule has 0 aromatic heterocycles. The van der Waals surface area contributed by atoms with E-state index in [4.69, 9.17) is 11.6 Å². The molecule has 1 aliphatic heterocycles. The van der Waals surface area contributed by atoms with E-state index in [-0.39, 0.29) is 6.61 Å². The first-order chi connectivity index (χ1) is 7.01. The fourth-order valence-electron chi connectivity index (χ4n) is 1.62. The second-order valence-electron chi connectivity index (χ2n) is 3.78. The van der Waals surface area contributed by atoms with Crippen LogP contribution < -0.4 is 0 Å². The van der Waals surface area contributed by atoms with Crippen molar-refractivity contribution >= 4 is 11.6 Å². The lowest BCUT2D eigenvalue weighted by Crippen LogP contribution is -2.27. The summed E-state index contributed by atoms with van der Waals surface area (Å²) in [6.45, 7) is 1.32. The Morgan fingerprint density at radius 1 is 1.40 bits per heavy atom. The molecule has 1 rings (SSSR count). The van der Waals surface area contributed by atoms with Crippen LogP contribution in [0.25, 0.3) is 0 Å². The molecule has 0 aliphatic carbocycles. The average molecular weight is 246 g/mol. The maximum Gasteiger partial charge on any atom is 0.411 e. The van der Waals surface area contributed by atoms with Gasteiger partial charge in [-0.25, -0.2) is 0 Å². The topological polar surface area (TPSA) is 12.5 Å². The van der Waals surface area contributed by atoms with E-state index in [2.05, 4.69) is 9.64 Å². The van der Waals surface area contributed by atoms with E-state index in [1.165, 1.54) is 0 Å². The molecule has 0 radical (unpaired) electrons. The van der Waals surface area contributed by atoms with Crippen molar-refractivity contribution in [3.63, 3.8) is 0 Å². The van der Waals surface area contributed by atoms with Crippen molar-refractivity contribution in [3.8, 4) is 0 Å². The first-order valence-electron chi connectivity index (χ1n) is 4.94. The van der Waals surface area contributed by atoms with Crippen LogP contribution in [0.1, 0.15) is 6.42 Å². The lowest BCUT2D eigenvalue weighted by atomic mass is 10.2. The minimum atomic E-state index is -4.22. The summed E-state index contributed by atoms with van der Waals surface area (Å²) in [6, 6.07) is 0. The van der Waals surface area contributed by atoms with Gasteiger partial charge in [0.25, 0.3) is 0 Å². The molecule has 1 fully saturated rings. The number of hydrogen-bond donors (Lipinski definition) is 0. The normalized spacial score (nSPS) is 23.6. The number of likely N-dealkylation sites (tertiary alicyclic amines) is 1. The second-order valence-corrected chi connectivity index (χ2v) is 4.09. The molecule has 15 heavy (non-hydrogen) atoms. The van der Waals surface area contributed by atoms with Crippen LogP contribution in [0.15, 0.2) is 0 Å². The van der Waals surface area contributed by atoms with E-state index in [9.17, 15) is 13.2 Å². The van der Waals surface area contributed by atoms with Crippen molar-refractivity contribution in [2.75, 3.05) is 38.7 Å². The average Bonchev–Trinajstić information content (AvgIpc) is 2.59. The fourth-order valence-corrected chi connectivity index (χ4v) is 1.88. The third-order valence-corrected chi connectivity index (χ3v) is 2.84. The molecule has 0 aromatic rings. The van der Waals surface area contributed by atoms with Crippen molar-refractivity contribution in [1.29, 1.82) is 0 Å². The smallest absolute Gasteiger partial charge is 0.371 e. The number of ether oxygens (including phenoxy) is 1. The summed E-state index contributed by atoms with van der Waals surface area (Å²) in [4.78, 5) is 2.09. The van der Waals surface area contributed by atoms with Gasteiger partial charge in [-0.3, -0.25) is 0 Å². The highest BCUT2D eigenvalue weighted by atomic mass is 35.5. The number of nitrogens with zero attached hydrogens (tertiary/aromatic N) is 1. The zero-order chi connectivity index (χ0) is 11.3. The lowest BCUT2D eigenvalue weighted by molar-refractivity contribution is -0.174. The van der Waals surface area contributed by atoms with Crippen LogP contribution in [0.4, 0.5) is 13.2 Å². The number of hydrogen-bond acceptors (Lipinski definition) is 2. The van der Waals surface area contributed by atoms with Gasteiger partial charge in [0.05, 0.1) is 6.61 Å². The Balaban J connectivity index is 2.02. The summed E-state index contributed by atoms with van der Waals surface area (Å²) < 4.78 is 39.7. The third-order valence-electron chi connectivity index (χ3n) is 2.41. The van der Waals surface area contributed by atoms with Crippen molar-refractivity contribution in [2.45, 2.75) is 12.6 Å². The van der Waals surface area contributed by atoms with Crippen LogP contribution in [0.5, 0.6) is 0 Å². The number of rotatable bonds is 5. The van der Waals surface area contributed by atoms with Gasteiger partial charge in [0, 0.05) is 19.0 Å². The Morgan fingerprint density at radius 3 is 2.67 bits per heavy atom. The molecule has 0 saturated carbocycles. The van der Waals surface area contributed by atoms with Crippen LogP contribution >= 0.6 is 11.6 Å². The highest BCUT2D eigenvalue weighted by Gasteiger charge is 2.27. The Bertz CT molecular complexity index is 189. The molecular weight excluding hydrogens is 231 g/mol.